The smallest absolute Gasteiger partial charge is 0.407 e. The molecule has 2 aliphatic heterocycles. The third-order valence-electron chi connectivity index (χ3n) is 12.1. The minimum atomic E-state index is -1.08. The van der Waals surface area contributed by atoms with Gasteiger partial charge in [0.25, 0.3) is 0 Å². The molecule has 11 nitrogen and oxygen atoms in total. The lowest BCUT2D eigenvalue weighted by Crippen LogP contribution is -2.64. The molecule has 1 unspecified atom stereocenters. The van der Waals surface area contributed by atoms with Gasteiger partial charge in [0.1, 0.15) is 11.8 Å². The normalized spacial score (nSPS) is 25.1. The minimum absolute atomic E-state index is 0.0517. The summed E-state index contributed by atoms with van der Waals surface area (Å²) in [5, 5.41) is 16.7. The number of carboxylic acid groups (broad SMARTS) is 1. The second-order valence-electron chi connectivity index (χ2n) is 15.5. The first kappa shape index (κ1) is 37.1. The van der Waals surface area contributed by atoms with Crippen LogP contribution < -0.4 is 21.1 Å². The number of hydrogen-bond acceptors (Lipinski definition) is 7. The first-order valence-electron chi connectivity index (χ1n) is 19.2. The number of hydrogen-bond donors (Lipinski definition) is 4. The number of piperazine rings is 1. The number of carbonyl (C=O) groups excluding carboxylic acids is 2. The first-order valence-corrected chi connectivity index (χ1v) is 19.2. The summed E-state index contributed by atoms with van der Waals surface area (Å²) in [7, 11) is 1.58. The highest BCUT2D eigenvalue weighted by Gasteiger charge is 2.43. The number of carbonyl (C=O) groups is 3. The van der Waals surface area contributed by atoms with Gasteiger partial charge in [-0.05, 0) is 73.6 Å². The van der Waals surface area contributed by atoms with Crippen molar-refractivity contribution in [1.82, 2.24) is 25.3 Å². The third-order valence-corrected chi connectivity index (χ3v) is 12.1. The standard InChI is InChI=1S/C40H58N6O5/c1-51-36-23-31(12-13-32(36)24-41)25-42-37(47)35-27-45(39(49)50)20-21-46(35)38(48)34(22-29-8-4-2-5-9-29)43-33-14-16-40(17-15-33)18-19-44(28-40)26-30-10-6-3-7-11-30/h3,6-7,10-13,23,29,33-35,43H,2,4-5,8-9,14-22,24-28,41H2,1H3,(H,42,47)(H,49,50)/t33?,34?,35-,40?/m0/s1. The van der Waals surface area contributed by atoms with Crippen molar-refractivity contribution < 1.29 is 24.2 Å². The summed E-state index contributed by atoms with van der Waals surface area (Å²) >= 11 is 0. The molecule has 2 heterocycles. The van der Waals surface area contributed by atoms with E-state index >= 15 is 0 Å². The quantitative estimate of drug-likeness (QED) is 0.249. The summed E-state index contributed by atoms with van der Waals surface area (Å²) in [5.74, 6) is 0.692. The van der Waals surface area contributed by atoms with E-state index in [0.29, 0.717) is 23.6 Å². The molecule has 2 aromatic carbocycles. The number of amides is 3. The molecular weight excluding hydrogens is 644 g/mol. The van der Waals surface area contributed by atoms with E-state index in [2.05, 4.69) is 45.9 Å². The summed E-state index contributed by atoms with van der Waals surface area (Å²) in [5.41, 5.74) is 9.24. The molecule has 0 bridgehead atoms. The molecule has 278 valence electrons. The van der Waals surface area contributed by atoms with Gasteiger partial charge < -0.3 is 36.0 Å². The lowest BCUT2D eigenvalue weighted by molar-refractivity contribution is -0.145. The van der Waals surface area contributed by atoms with Crippen LogP contribution in [0.5, 0.6) is 5.75 Å². The van der Waals surface area contributed by atoms with Gasteiger partial charge in [-0.15, -0.1) is 0 Å². The molecule has 2 saturated carbocycles. The van der Waals surface area contributed by atoms with E-state index in [1.807, 2.05) is 18.2 Å². The SMILES string of the molecule is COc1cc(CNC(=O)[C@@H]2CN(C(=O)O)CCN2C(=O)C(CC2CCCCC2)NC2CCC3(CC2)CCN(Cc2ccccc2)C3)ccc1CN. The van der Waals surface area contributed by atoms with Crippen molar-refractivity contribution in [3.05, 3.63) is 65.2 Å². The number of nitrogens with two attached hydrogens (primary N) is 1. The number of nitrogens with zero attached hydrogens (tertiary/aromatic N) is 3. The van der Waals surface area contributed by atoms with E-state index in [1.165, 1.54) is 36.1 Å². The molecule has 0 aromatic heterocycles. The van der Waals surface area contributed by atoms with Crippen LogP contribution >= 0.6 is 0 Å². The molecule has 2 saturated heterocycles. The Bertz CT molecular complexity index is 1470. The topological polar surface area (TPSA) is 140 Å². The van der Waals surface area contributed by atoms with Crippen LogP contribution in [-0.4, -0.2) is 95.7 Å². The summed E-state index contributed by atoms with van der Waals surface area (Å²) in [6.07, 6.45) is 11.2. The summed E-state index contributed by atoms with van der Waals surface area (Å²) in [4.78, 5) is 46.0. The van der Waals surface area contributed by atoms with Crippen LogP contribution in [0.2, 0.25) is 0 Å². The van der Waals surface area contributed by atoms with Crippen molar-refractivity contribution in [2.75, 3.05) is 39.8 Å². The van der Waals surface area contributed by atoms with Crippen molar-refractivity contribution in [2.45, 2.75) is 108 Å². The largest absolute Gasteiger partial charge is 0.496 e. The molecule has 2 atom stereocenters. The Kier molecular flexibility index (Phi) is 12.5. The average Bonchev–Trinajstić information content (AvgIpc) is 3.55. The van der Waals surface area contributed by atoms with Crippen LogP contribution in [0.4, 0.5) is 4.79 Å². The van der Waals surface area contributed by atoms with E-state index in [0.717, 1.165) is 75.7 Å². The highest BCUT2D eigenvalue weighted by molar-refractivity contribution is 5.90. The van der Waals surface area contributed by atoms with Crippen molar-refractivity contribution in [1.29, 1.82) is 0 Å². The molecule has 0 radical (unpaired) electrons. The Labute approximate surface area is 303 Å². The Morgan fingerprint density at radius 1 is 0.961 bits per heavy atom. The van der Waals surface area contributed by atoms with Crippen LogP contribution in [0.3, 0.4) is 0 Å². The fraction of sp³-hybridized carbons (Fsp3) is 0.625. The van der Waals surface area contributed by atoms with Gasteiger partial charge in [-0.25, -0.2) is 4.79 Å². The lowest BCUT2D eigenvalue weighted by Gasteiger charge is -2.43. The van der Waals surface area contributed by atoms with E-state index < -0.39 is 18.2 Å². The fourth-order valence-corrected chi connectivity index (χ4v) is 9.11. The lowest BCUT2D eigenvalue weighted by atomic mass is 9.71. The van der Waals surface area contributed by atoms with Crippen LogP contribution in [0.25, 0.3) is 0 Å². The van der Waals surface area contributed by atoms with E-state index in [1.54, 1.807) is 12.0 Å². The molecule has 2 aliphatic carbocycles. The number of benzene rings is 2. The summed E-state index contributed by atoms with van der Waals surface area (Å²) < 4.78 is 5.47. The summed E-state index contributed by atoms with van der Waals surface area (Å²) in [6.45, 7) is 4.15. The Balaban J connectivity index is 1.12. The third kappa shape index (κ3) is 9.42. The van der Waals surface area contributed by atoms with Crippen LogP contribution in [0.1, 0.15) is 87.3 Å². The molecule has 3 amide bonds. The molecule has 1 spiro atoms. The summed E-state index contributed by atoms with van der Waals surface area (Å²) in [6, 6.07) is 15.3. The van der Waals surface area contributed by atoms with Crippen molar-refractivity contribution >= 4 is 17.9 Å². The van der Waals surface area contributed by atoms with Crippen molar-refractivity contribution in [2.24, 2.45) is 17.1 Å². The second kappa shape index (κ2) is 17.2. The van der Waals surface area contributed by atoms with Crippen molar-refractivity contribution in [3.63, 3.8) is 0 Å². The number of nitrogens with one attached hydrogen (secondary N) is 2. The molecule has 5 N–H and O–H groups in total. The fourth-order valence-electron chi connectivity index (χ4n) is 9.11. The predicted molar refractivity (Wildman–Crippen MR) is 197 cm³/mol. The molecule has 4 aliphatic rings. The van der Waals surface area contributed by atoms with Gasteiger partial charge in [0.05, 0.1) is 19.7 Å². The molecule has 2 aromatic rings. The highest BCUT2D eigenvalue weighted by Crippen LogP contribution is 2.44. The highest BCUT2D eigenvalue weighted by atomic mass is 16.5. The van der Waals surface area contributed by atoms with E-state index in [4.69, 9.17) is 10.5 Å². The maximum atomic E-state index is 14.6. The molecule has 11 heteroatoms. The minimum Gasteiger partial charge on any atom is -0.496 e. The van der Waals surface area contributed by atoms with Gasteiger partial charge >= 0.3 is 6.09 Å². The van der Waals surface area contributed by atoms with Crippen LogP contribution in [0.15, 0.2) is 48.5 Å². The van der Waals surface area contributed by atoms with E-state index in [-0.39, 0.29) is 44.0 Å². The second-order valence-corrected chi connectivity index (χ2v) is 15.5. The van der Waals surface area contributed by atoms with Gasteiger partial charge in [0, 0.05) is 50.9 Å². The Hall–Kier alpha value is -3.67. The van der Waals surface area contributed by atoms with Gasteiger partial charge in [-0.3, -0.25) is 14.5 Å². The Morgan fingerprint density at radius 2 is 1.73 bits per heavy atom. The number of rotatable bonds is 12. The molecular formula is C40H58N6O5. The molecule has 6 rings (SSSR count). The first-order chi connectivity index (χ1) is 24.8. The average molecular weight is 703 g/mol. The monoisotopic (exact) mass is 702 g/mol. The van der Waals surface area contributed by atoms with Gasteiger partial charge in [0.2, 0.25) is 11.8 Å². The van der Waals surface area contributed by atoms with Crippen LogP contribution in [-0.2, 0) is 29.2 Å². The molecule has 4 fully saturated rings. The molecule has 51 heavy (non-hydrogen) atoms. The van der Waals surface area contributed by atoms with Gasteiger partial charge in [-0.1, -0.05) is 74.6 Å². The zero-order valence-corrected chi connectivity index (χ0v) is 30.4. The maximum Gasteiger partial charge on any atom is 0.407 e. The zero-order valence-electron chi connectivity index (χ0n) is 30.4. The predicted octanol–water partition coefficient (Wildman–Crippen LogP) is 4.72. The van der Waals surface area contributed by atoms with Crippen molar-refractivity contribution in [3.8, 4) is 5.75 Å². The maximum absolute atomic E-state index is 14.6. The zero-order chi connectivity index (χ0) is 35.8. The Morgan fingerprint density at radius 3 is 2.43 bits per heavy atom. The van der Waals surface area contributed by atoms with Crippen LogP contribution in [0, 0.1) is 11.3 Å². The van der Waals surface area contributed by atoms with Gasteiger partial charge in [0.15, 0.2) is 0 Å². The number of methoxy groups -OCH3 is 1. The van der Waals surface area contributed by atoms with Gasteiger partial charge in [-0.2, -0.15) is 0 Å². The number of likely N-dealkylation sites (tertiary alicyclic amines) is 1. The van der Waals surface area contributed by atoms with E-state index in [9.17, 15) is 19.5 Å². The number of ether oxygens (including phenoxy) is 1.